The zero-order valence-electron chi connectivity index (χ0n) is 10.9. The summed E-state index contributed by atoms with van der Waals surface area (Å²) in [5.41, 5.74) is 0. The minimum Gasteiger partial charge on any atom is -0.378 e. The highest BCUT2D eigenvalue weighted by atomic mass is 16.5. The van der Waals surface area contributed by atoms with Gasteiger partial charge < -0.3 is 15.4 Å². The number of amides is 1. The molecule has 0 spiro atoms. The smallest absolute Gasteiger partial charge is 0.225 e. The number of piperidine rings is 1. The highest BCUT2D eigenvalue weighted by Gasteiger charge is 2.31. The molecule has 0 bridgehead atoms. The maximum Gasteiger partial charge on any atom is 0.225 e. The van der Waals surface area contributed by atoms with Gasteiger partial charge in [-0.2, -0.15) is 0 Å². The van der Waals surface area contributed by atoms with E-state index in [-0.39, 0.29) is 17.9 Å². The molecule has 2 N–H and O–H groups in total. The van der Waals surface area contributed by atoms with E-state index in [0.717, 1.165) is 26.1 Å². The van der Waals surface area contributed by atoms with E-state index in [1.54, 1.807) is 0 Å². The van der Waals surface area contributed by atoms with E-state index >= 15 is 0 Å². The molecule has 4 heteroatoms. The third-order valence-corrected chi connectivity index (χ3v) is 4.14. The number of nitrogens with one attached hydrogen (secondary N) is 2. The molecule has 0 aromatic rings. The number of rotatable bonds is 3. The molecular formula is C13H24N2O2. The fraction of sp³-hybridized carbons (Fsp3) is 0.923. The Kier molecular flexibility index (Phi) is 4.40. The van der Waals surface area contributed by atoms with Gasteiger partial charge in [0.25, 0.3) is 0 Å². The van der Waals surface area contributed by atoms with Gasteiger partial charge >= 0.3 is 0 Å². The summed E-state index contributed by atoms with van der Waals surface area (Å²) in [4.78, 5) is 12.0. The van der Waals surface area contributed by atoms with Crippen LogP contribution < -0.4 is 10.6 Å². The Labute approximate surface area is 103 Å². The van der Waals surface area contributed by atoms with Gasteiger partial charge in [-0.05, 0) is 38.6 Å². The molecule has 4 nitrogen and oxygen atoms in total. The highest BCUT2D eigenvalue weighted by Crippen LogP contribution is 2.20. The predicted octanol–water partition coefficient (Wildman–Crippen LogP) is 0.916. The van der Waals surface area contributed by atoms with Crippen molar-refractivity contribution in [3.63, 3.8) is 0 Å². The van der Waals surface area contributed by atoms with Gasteiger partial charge in [0, 0.05) is 19.2 Å². The Hall–Kier alpha value is -0.610. The van der Waals surface area contributed by atoms with Crippen molar-refractivity contribution in [3.8, 4) is 0 Å². The summed E-state index contributed by atoms with van der Waals surface area (Å²) in [6, 6.07) is 0.435. The van der Waals surface area contributed by atoms with Crippen molar-refractivity contribution in [2.45, 2.75) is 45.3 Å². The third-order valence-electron chi connectivity index (χ3n) is 4.14. The Balaban J connectivity index is 1.75. The van der Waals surface area contributed by atoms with Crippen LogP contribution in [-0.4, -0.2) is 37.7 Å². The number of carbonyl (C=O) groups excluding carboxylic acids is 1. The molecule has 0 aliphatic carbocycles. The van der Waals surface area contributed by atoms with Crippen LogP contribution in [0, 0.1) is 11.8 Å². The fourth-order valence-electron chi connectivity index (χ4n) is 2.80. The summed E-state index contributed by atoms with van der Waals surface area (Å²) in [5.74, 6) is 0.866. The molecule has 17 heavy (non-hydrogen) atoms. The van der Waals surface area contributed by atoms with Gasteiger partial charge in [-0.15, -0.1) is 0 Å². The lowest BCUT2D eigenvalue weighted by molar-refractivity contribution is -0.126. The van der Waals surface area contributed by atoms with Gasteiger partial charge in [-0.1, -0.05) is 6.92 Å². The molecule has 2 aliphatic rings. The van der Waals surface area contributed by atoms with Crippen LogP contribution in [0.2, 0.25) is 0 Å². The lowest BCUT2D eigenvalue weighted by atomic mass is 9.92. The molecule has 0 saturated carbocycles. The van der Waals surface area contributed by atoms with Gasteiger partial charge in [-0.25, -0.2) is 0 Å². The van der Waals surface area contributed by atoms with Gasteiger partial charge in [0.2, 0.25) is 5.91 Å². The van der Waals surface area contributed by atoms with Gasteiger partial charge in [0.15, 0.2) is 0 Å². The average molecular weight is 240 g/mol. The summed E-state index contributed by atoms with van der Waals surface area (Å²) in [7, 11) is 0. The van der Waals surface area contributed by atoms with E-state index < -0.39 is 0 Å². The van der Waals surface area contributed by atoms with Crippen LogP contribution in [0.1, 0.15) is 33.1 Å². The predicted molar refractivity (Wildman–Crippen MR) is 66.7 cm³/mol. The standard InChI is InChI=1S/C13H24N2O2/c1-9-4-3-6-14-12(9)8-15-13(16)11-5-7-17-10(11)2/h9-12,14H,3-8H2,1-2H3,(H,15,16). The molecule has 2 rings (SSSR count). The lowest BCUT2D eigenvalue weighted by Gasteiger charge is -2.30. The van der Waals surface area contributed by atoms with Crippen LogP contribution in [0.15, 0.2) is 0 Å². The molecule has 1 amide bonds. The van der Waals surface area contributed by atoms with Crippen molar-refractivity contribution >= 4 is 5.91 Å². The summed E-state index contributed by atoms with van der Waals surface area (Å²) in [6.07, 6.45) is 3.45. The molecule has 2 heterocycles. The first kappa shape index (κ1) is 12.8. The average Bonchev–Trinajstić information content (AvgIpc) is 2.74. The van der Waals surface area contributed by atoms with Gasteiger partial charge in [0.1, 0.15) is 0 Å². The maximum atomic E-state index is 12.0. The zero-order valence-corrected chi connectivity index (χ0v) is 10.9. The van der Waals surface area contributed by atoms with Crippen LogP contribution in [0.4, 0.5) is 0 Å². The minimum absolute atomic E-state index is 0.0499. The summed E-state index contributed by atoms with van der Waals surface area (Å²) >= 11 is 0. The molecule has 2 aliphatic heterocycles. The number of hydrogen-bond donors (Lipinski definition) is 2. The third kappa shape index (κ3) is 3.19. The van der Waals surface area contributed by atoms with Crippen LogP contribution in [0.5, 0.6) is 0 Å². The van der Waals surface area contributed by atoms with Crippen molar-refractivity contribution in [2.24, 2.45) is 11.8 Å². The minimum atomic E-state index is 0.0499. The molecular weight excluding hydrogens is 216 g/mol. The molecule has 4 atom stereocenters. The van der Waals surface area contributed by atoms with E-state index in [0.29, 0.717) is 12.0 Å². The molecule has 2 fully saturated rings. The summed E-state index contributed by atoms with van der Waals surface area (Å²) < 4.78 is 5.42. The Morgan fingerprint density at radius 1 is 1.41 bits per heavy atom. The van der Waals surface area contributed by atoms with Crippen molar-refractivity contribution in [2.75, 3.05) is 19.7 Å². The Bertz CT molecular complexity index is 270. The van der Waals surface area contributed by atoms with Crippen molar-refractivity contribution < 1.29 is 9.53 Å². The van der Waals surface area contributed by atoms with Crippen molar-refractivity contribution in [1.82, 2.24) is 10.6 Å². The second-order valence-electron chi connectivity index (χ2n) is 5.40. The lowest BCUT2D eigenvalue weighted by Crippen LogP contribution is -2.49. The van der Waals surface area contributed by atoms with Crippen LogP contribution in [-0.2, 0) is 9.53 Å². The van der Waals surface area contributed by atoms with Crippen molar-refractivity contribution in [1.29, 1.82) is 0 Å². The fourth-order valence-corrected chi connectivity index (χ4v) is 2.80. The normalized spacial score (nSPS) is 38.0. The number of ether oxygens (including phenoxy) is 1. The second kappa shape index (κ2) is 5.83. The Morgan fingerprint density at radius 2 is 2.24 bits per heavy atom. The molecule has 0 aromatic heterocycles. The first-order valence-corrected chi connectivity index (χ1v) is 6.81. The second-order valence-corrected chi connectivity index (χ2v) is 5.40. The monoisotopic (exact) mass is 240 g/mol. The van der Waals surface area contributed by atoms with E-state index in [9.17, 15) is 4.79 Å². The van der Waals surface area contributed by atoms with Gasteiger partial charge in [-0.3, -0.25) is 4.79 Å². The molecule has 2 saturated heterocycles. The van der Waals surface area contributed by atoms with E-state index in [1.807, 2.05) is 6.92 Å². The van der Waals surface area contributed by atoms with Crippen molar-refractivity contribution in [3.05, 3.63) is 0 Å². The quantitative estimate of drug-likeness (QED) is 0.771. The number of hydrogen-bond acceptors (Lipinski definition) is 3. The highest BCUT2D eigenvalue weighted by molar-refractivity contribution is 5.79. The largest absolute Gasteiger partial charge is 0.378 e. The van der Waals surface area contributed by atoms with E-state index in [1.165, 1.54) is 12.8 Å². The maximum absolute atomic E-state index is 12.0. The van der Waals surface area contributed by atoms with Crippen LogP contribution >= 0.6 is 0 Å². The molecule has 4 unspecified atom stereocenters. The first-order valence-electron chi connectivity index (χ1n) is 6.81. The SMILES string of the molecule is CC1CCCNC1CNC(=O)C1CCOC1C. The van der Waals surface area contributed by atoms with Crippen LogP contribution in [0.25, 0.3) is 0 Å². The number of carbonyl (C=O) groups is 1. The zero-order chi connectivity index (χ0) is 12.3. The van der Waals surface area contributed by atoms with Gasteiger partial charge in [0.05, 0.1) is 12.0 Å². The van der Waals surface area contributed by atoms with Crippen LogP contribution in [0.3, 0.4) is 0 Å². The topological polar surface area (TPSA) is 50.4 Å². The molecule has 98 valence electrons. The Morgan fingerprint density at radius 3 is 2.88 bits per heavy atom. The molecule has 0 aromatic carbocycles. The first-order chi connectivity index (χ1) is 8.18. The molecule has 0 radical (unpaired) electrons. The summed E-state index contributed by atoms with van der Waals surface area (Å²) in [6.45, 7) is 6.79. The summed E-state index contributed by atoms with van der Waals surface area (Å²) in [5, 5.41) is 6.55. The van der Waals surface area contributed by atoms with E-state index in [4.69, 9.17) is 4.74 Å². The van der Waals surface area contributed by atoms with E-state index in [2.05, 4.69) is 17.6 Å².